The van der Waals surface area contributed by atoms with E-state index in [1.165, 1.54) is 0 Å². The van der Waals surface area contributed by atoms with E-state index in [2.05, 4.69) is 5.32 Å². The van der Waals surface area contributed by atoms with Gasteiger partial charge in [0, 0.05) is 20.0 Å². The molecule has 0 radical (unpaired) electrons. The Balaban J connectivity index is 2.86. The van der Waals surface area contributed by atoms with Crippen LogP contribution >= 0.6 is 0 Å². The minimum Gasteiger partial charge on any atom is -0.357 e. The number of likely N-dealkylation sites (N-methyl/N-ethyl adjacent to an activating group) is 1. The third-order valence-corrected chi connectivity index (χ3v) is 2.91. The summed E-state index contributed by atoms with van der Waals surface area (Å²) in [5.41, 5.74) is 1.02. The van der Waals surface area contributed by atoms with Crippen molar-refractivity contribution in [1.82, 2.24) is 10.2 Å². The van der Waals surface area contributed by atoms with Crippen LogP contribution < -0.4 is 5.32 Å². The molecule has 0 bridgehead atoms. The molecule has 1 rings (SSSR count). The van der Waals surface area contributed by atoms with Crippen molar-refractivity contribution in [3.8, 4) is 0 Å². The fourth-order valence-electron chi connectivity index (χ4n) is 1.77. The maximum atomic E-state index is 11.9. The average Bonchev–Trinajstić information content (AvgIpc) is 2.43. The van der Waals surface area contributed by atoms with Crippen molar-refractivity contribution in [2.24, 2.45) is 0 Å². The van der Waals surface area contributed by atoms with E-state index in [9.17, 15) is 9.59 Å². The van der Waals surface area contributed by atoms with E-state index in [1.807, 2.05) is 30.3 Å². The number of carbonyl (C=O) groups excluding carboxylic acids is 2. The van der Waals surface area contributed by atoms with Gasteiger partial charge in [-0.2, -0.15) is 0 Å². The van der Waals surface area contributed by atoms with Gasteiger partial charge in [0.1, 0.15) is 6.04 Å². The van der Waals surface area contributed by atoms with Crippen LogP contribution in [0.5, 0.6) is 0 Å². The normalized spacial score (nSPS) is 11.7. The lowest BCUT2D eigenvalue weighted by Gasteiger charge is -2.28. The Kier molecular flexibility index (Phi) is 5.36. The van der Waals surface area contributed by atoms with E-state index in [-0.39, 0.29) is 11.8 Å². The molecule has 4 nitrogen and oxygen atoms in total. The SMILES string of the molecule is CCC(=O)N(Cc1ccccc1)[C@H](C)C(=O)NC. The van der Waals surface area contributed by atoms with Crippen molar-refractivity contribution in [3.63, 3.8) is 0 Å². The van der Waals surface area contributed by atoms with Gasteiger partial charge in [-0.05, 0) is 12.5 Å². The largest absolute Gasteiger partial charge is 0.357 e. The first kappa shape index (κ1) is 14.2. The molecule has 0 aromatic heterocycles. The molecule has 0 heterocycles. The molecule has 1 atom stereocenters. The second kappa shape index (κ2) is 6.79. The molecule has 0 aliphatic heterocycles. The van der Waals surface area contributed by atoms with Crippen molar-refractivity contribution < 1.29 is 9.59 Å². The predicted octanol–water partition coefficient (Wildman–Crippen LogP) is 1.56. The number of nitrogens with one attached hydrogen (secondary N) is 1. The molecule has 0 aliphatic rings. The number of amides is 2. The van der Waals surface area contributed by atoms with Gasteiger partial charge in [-0.25, -0.2) is 0 Å². The zero-order chi connectivity index (χ0) is 13.5. The van der Waals surface area contributed by atoms with Crippen LogP contribution in [0.3, 0.4) is 0 Å². The van der Waals surface area contributed by atoms with Crippen LogP contribution in [0.25, 0.3) is 0 Å². The average molecular weight is 248 g/mol. The Morgan fingerprint density at radius 2 is 1.89 bits per heavy atom. The molecule has 1 N–H and O–H groups in total. The highest BCUT2D eigenvalue weighted by Gasteiger charge is 2.23. The fourth-order valence-corrected chi connectivity index (χ4v) is 1.77. The summed E-state index contributed by atoms with van der Waals surface area (Å²) in [7, 11) is 1.58. The first-order valence-electron chi connectivity index (χ1n) is 6.15. The molecule has 98 valence electrons. The summed E-state index contributed by atoms with van der Waals surface area (Å²) in [5.74, 6) is -0.164. The lowest BCUT2D eigenvalue weighted by molar-refractivity contribution is -0.140. The molecule has 18 heavy (non-hydrogen) atoms. The number of nitrogens with zero attached hydrogens (tertiary/aromatic N) is 1. The number of rotatable bonds is 5. The molecule has 0 saturated carbocycles. The van der Waals surface area contributed by atoms with Crippen LogP contribution in [0, 0.1) is 0 Å². The summed E-state index contributed by atoms with van der Waals surface area (Å²) in [5, 5.41) is 2.58. The van der Waals surface area contributed by atoms with E-state index in [4.69, 9.17) is 0 Å². The van der Waals surface area contributed by atoms with Gasteiger partial charge >= 0.3 is 0 Å². The lowest BCUT2D eigenvalue weighted by atomic mass is 10.1. The topological polar surface area (TPSA) is 49.4 Å². The summed E-state index contributed by atoms with van der Waals surface area (Å²) in [4.78, 5) is 25.2. The van der Waals surface area contributed by atoms with E-state index in [0.29, 0.717) is 13.0 Å². The first-order chi connectivity index (χ1) is 8.60. The molecule has 4 heteroatoms. The van der Waals surface area contributed by atoms with Gasteiger partial charge in [-0.3, -0.25) is 9.59 Å². The summed E-state index contributed by atoms with van der Waals surface area (Å²) < 4.78 is 0. The van der Waals surface area contributed by atoms with Crippen molar-refractivity contribution in [2.45, 2.75) is 32.9 Å². The van der Waals surface area contributed by atoms with Crippen LogP contribution in [0.15, 0.2) is 30.3 Å². The van der Waals surface area contributed by atoms with Crippen LogP contribution in [0.4, 0.5) is 0 Å². The molecule has 1 aromatic carbocycles. The Hall–Kier alpha value is -1.84. The standard InChI is InChI=1S/C14H20N2O2/c1-4-13(17)16(11(2)14(18)15-3)10-12-8-6-5-7-9-12/h5-9,11H,4,10H2,1-3H3,(H,15,18)/t11-/m1/s1. The number of hydrogen-bond donors (Lipinski definition) is 1. The number of hydrogen-bond acceptors (Lipinski definition) is 2. The molecule has 0 saturated heterocycles. The van der Waals surface area contributed by atoms with Crippen LogP contribution in [-0.2, 0) is 16.1 Å². The van der Waals surface area contributed by atoms with E-state index < -0.39 is 6.04 Å². The quantitative estimate of drug-likeness (QED) is 0.859. The van der Waals surface area contributed by atoms with Crippen molar-refractivity contribution in [1.29, 1.82) is 0 Å². The summed E-state index contributed by atoms with van der Waals surface area (Å²) in [6, 6.07) is 9.22. The summed E-state index contributed by atoms with van der Waals surface area (Å²) in [6.07, 6.45) is 0.397. The zero-order valence-electron chi connectivity index (χ0n) is 11.1. The summed E-state index contributed by atoms with van der Waals surface area (Å²) in [6.45, 7) is 4.01. The lowest BCUT2D eigenvalue weighted by Crippen LogP contribution is -2.46. The zero-order valence-corrected chi connectivity index (χ0v) is 11.1. The van der Waals surface area contributed by atoms with Gasteiger partial charge in [0.2, 0.25) is 11.8 Å². The maximum Gasteiger partial charge on any atom is 0.242 e. The van der Waals surface area contributed by atoms with E-state index in [0.717, 1.165) is 5.56 Å². The third kappa shape index (κ3) is 3.58. The Morgan fingerprint density at radius 1 is 1.28 bits per heavy atom. The molecule has 1 aromatic rings. The van der Waals surface area contributed by atoms with Crippen molar-refractivity contribution >= 4 is 11.8 Å². The molecule has 0 unspecified atom stereocenters. The minimum absolute atomic E-state index is 0.0186. The van der Waals surface area contributed by atoms with Gasteiger partial charge in [0.15, 0.2) is 0 Å². The monoisotopic (exact) mass is 248 g/mol. The van der Waals surface area contributed by atoms with E-state index in [1.54, 1.807) is 25.8 Å². The maximum absolute atomic E-state index is 11.9. The third-order valence-electron chi connectivity index (χ3n) is 2.91. The van der Waals surface area contributed by atoms with Gasteiger partial charge in [0.05, 0.1) is 0 Å². The van der Waals surface area contributed by atoms with Crippen LogP contribution in [0.2, 0.25) is 0 Å². The van der Waals surface area contributed by atoms with Gasteiger partial charge in [-0.15, -0.1) is 0 Å². The predicted molar refractivity (Wildman–Crippen MR) is 70.8 cm³/mol. The highest BCUT2D eigenvalue weighted by Crippen LogP contribution is 2.10. The second-order valence-electron chi connectivity index (χ2n) is 4.15. The first-order valence-corrected chi connectivity index (χ1v) is 6.15. The summed E-state index contributed by atoms with van der Waals surface area (Å²) >= 11 is 0. The number of benzene rings is 1. The van der Waals surface area contributed by atoms with Crippen molar-refractivity contribution in [2.75, 3.05) is 7.05 Å². The molecule has 0 aliphatic carbocycles. The molecule has 2 amide bonds. The minimum atomic E-state index is -0.456. The van der Waals surface area contributed by atoms with Gasteiger partial charge in [-0.1, -0.05) is 37.3 Å². The molecule has 0 fully saturated rings. The van der Waals surface area contributed by atoms with Crippen LogP contribution in [-0.4, -0.2) is 29.8 Å². The second-order valence-corrected chi connectivity index (χ2v) is 4.15. The van der Waals surface area contributed by atoms with Crippen LogP contribution in [0.1, 0.15) is 25.8 Å². The smallest absolute Gasteiger partial charge is 0.242 e. The van der Waals surface area contributed by atoms with E-state index >= 15 is 0 Å². The molecule has 0 spiro atoms. The number of carbonyl (C=O) groups is 2. The highest BCUT2D eigenvalue weighted by molar-refractivity contribution is 5.87. The highest BCUT2D eigenvalue weighted by atomic mass is 16.2. The Bertz CT molecular complexity index is 404. The van der Waals surface area contributed by atoms with Gasteiger partial charge < -0.3 is 10.2 Å². The van der Waals surface area contributed by atoms with Gasteiger partial charge in [0.25, 0.3) is 0 Å². The Labute approximate surface area is 108 Å². The van der Waals surface area contributed by atoms with Crippen molar-refractivity contribution in [3.05, 3.63) is 35.9 Å². The fraction of sp³-hybridized carbons (Fsp3) is 0.429. The molecular formula is C14H20N2O2. The molecular weight excluding hydrogens is 228 g/mol. The Morgan fingerprint density at radius 3 is 2.39 bits per heavy atom.